The third kappa shape index (κ3) is 4.36. The number of amides is 1. The normalized spacial score (nSPS) is 16.7. The van der Waals surface area contributed by atoms with E-state index in [9.17, 15) is 4.79 Å². The molecule has 2 N–H and O–H groups in total. The van der Waals surface area contributed by atoms with Crippen molar-refractivity contribution in [1.82, 2.24) is 15.5 Å². The fourth-order valence-electron chi connectivity index (χ4n) is 2.51. The van der Waals surface area contributed by atoms with Crippen molar-refractivity contribution in [2.75, 3.05) is 26.2 Å². The first-order valence-corrected chi connectivity index (χ1v) is 7.03. The molecule has 0 aromatic carbocycles. The molecule has 1 amide bonds. The zero-order valence-electron chi connectivity index (χ0n) is 11.5. The van der Waals surface area contributed by atoms with E-state index in [4.69, 9.17) is 4.42 Å². The molecule has 0 radical (unpaired) electrons. The molecule has 0 aliphatic carbocycles. The van der Waals surface area contributed by atoms with Crippen LogP contribution in [-0.4, -0.2) is 43.0 Å². The van der Waals surface area contributed by atoms with Crippen molar-refractivity contribution < 1.29 is 9.21 Å². The number of hydrogen-bond donors (Lipinski definition) is 2. The van der Waals surface area contributed by atoms with Crippen LogP contribution in [0.5, 0.6) is 0 Å². The summed E-state index contributed by atoms with van der Waals surface area (Å²) in [6.07, 6.45) is 3.87. The van der Waals surface area contributed by atoms with Crippen molar-refractivity contribution in [1.29, 1.82) is 0 Å². The lowest BCUT2D eigenvalue weighted by Crippen LogP contribution is -2.47. The first-order valence-electron chi connectivity index (χ1n) is 7.03. The fraction of sp³-hybridized carbons (Fsp3) is 0.643. The van der Waals surface area contributed by atoms with Gasteiger partial charge in [-0.05, 0) is 44.6 Å². The summed E-state index contributed by atoms with van der Waals surface area (Å²) in [6, 6.07) is 4.22. The van der Waals surface area contributed by atoms with E-state index in [0.29, 0.717) is 19.1 Å². The highest BCUT2D eigenvalue weighted by molar-refractivity contribution is 5.77. The van der Waals surface area contributed by atoms with Crippen LogP contribution in [0, 0.1) is 0 Å². The smallest absolute Gasteiger partial charge is 0.234 e. The minimum absolute atomic E-state index is 0.0665. The summed E-state index contributed by atoms with van der Waals surface area (Å²) in [5, 5.41) is 6.25. The van der Waals surface area contributed by atoms with E-state index in [1.54, 1.807) is 6.26 Å². The van der Waals surface area contributed by atoms with E-state index in [2.05, 4.69) is 22.5 Å². The van der Waals surface area contributed by atoms with Gasteiger partial charge in [-0.15, -0.1) is 0 Å². The van der Waals surface area contributed by atoms with Gasteiger partial charge in [0.05, 0.1) is 19.4 Å². The first kappa shape index (κ1) is 14.1. The van der Waals surface area contributed by atoms with E-state index in [0.717, 1.165) is 38.2 Å². The van der Waals surface area contributed by atoms with Crippen molar-refractivity contribution in [2.45, 2.75) is 32.4 Å². The van der Waals surface area contributed by atoms with Gasteiger partial charge in [0.15, 0.2) is 0 Å². The van der Waals surface area contributed by atoms with E-state index < -0.39 is 0 Å². The largest absolute Gasteiger partial charge is 0.467 e. The second-order valence-corrected chi connectivity index (χ2v) is 4.90. The summed E-state index contributed by atoms with van der Waals surface area (Å²) in [6.45, 7) is 6.07. The maximum absolute atomic E-state index is 11.9. The van der Waals surface area contributed by atoms with Crippen LogP contribution in [0.25, 0.3) is 0 Å². The van der Waals surface area contributed by atoms with E-state index in [1.165, 1.54) is 0 Å². The summed E-state index contributed by atoms with van der Waals surface area (Å²) in [5.74, 6) is 0.857. The second-order valence-electron chi connectivity index (χ2n) is 4.90. The van der Waals surface area contributed by atoms with E-state index in [1.807, 2.05) is 12.1 Å². The molecule has 1 aromatic rings. The Morgan fingerprint density at radius 1 is 1.53 bits per heavy atom. The monoisotopic (exact) mass is 265 g/mol. The minimum Gasteiger partial charge on any atom is -0.467 e. The van der Waals surface area contributed by atoms with Crippen LogP contribution in [0.4, 0.5) is 0 Å². The van der Waals surface area contributed by atoms with Gasteiger partial charge in [0, 0.05) is 6.04 Å². The molecule has 1 aliphatic heterocycles. The fourth-order valence-corrected chi connectivity index (χ4v) is 2.51. The lowest BCUT2D eigenvalue weighted by Gasteiger charge is -2.33. The molecule has 2 heterocycles. The predicted octanol–water partition coefficient (Wildman–Crippen LogP) is 0.970. The molecule has 0 saturated carbocycles. The quantitative estimate of drug-likeness (QED) is 0.805. The summed E-state index contributed by atoms with van der Waals surface area (Å²) in [4.78, 5) is 14.2. The Morgan fingerprint density at radius 2 is 2.32 bits per heavy atom. The third-order valence-corrected chi connectivity index (χ3v) is 3.62. The van der Waals surface area contributed by atoms with Gasteiger partial charge >= 0.3 is 0 Å². The van der Waals surface area contributed by atoms with Crippen LogP contribution in [0.1, 0.15) is 25.5 Å². The molecular weight excluding hydrogens is 242 g/mol. The van der Waals surface area contributed by atoms with Gasteiger partial charge < -0.3 is 15.1 Å². The van der Waals surface area contributed by atoms with Gasteiger partial charge in [0.2, 0.25) is 5.91 Å². The van der Waals surface area contributed by atoms with E-state index in [-0.39, 0.29) is 5.91 Å². The number of rotatable bonds is 6. The summed E-state index contributed by atoms with van der Waals surface area (Å²) in [7, 11) is 0. The molecule has 0 bridgehead atoms. The van der Waals surface area contributed by atoms with Gasteiger partial charge in [-0.2, -0.15) is 0 Å². The highest BCUT2D eigenvalue weighted by Gasteiger charge is 2.21. The van der Waals surface area contributed by atoms with Crippen LogP contribution < -0.4 is 10.6 Å². The van der Waals surface area contributed by atoms with Crippen LogP contribution in [0.2, 0.25) is 0 Å². The molecule has 106 valence electrons. The maximum Gasteiger partial charge on any atom is 0.234 e. The van der Waals surface area contributed by atoms with Crippen molar-refractivity contribution >= 4 is 5.91 Å². The van der Waals surface area contributed by atoms with Gasteiger partial charge in [0.25, 0.3) is 0 Å². The Hall–Kier alpha value is -1.33. The first-order chi connectivity index (χ1) is 9.29. The van der Waals surface area contributed by atoms with Gasteiger partial charge in [0.1, 0.15) is 5.76 Å². The van der Waals surface area contributed by atoms with Gasteiger partial charge in [-0.25, -0.2) is 0 Å². The molecular formula is C14H23N3O2. The van der Waals surface area contributed by atoms with Crippen LogP contribution in [0.3, 0.4) is 0 Å². The number of carbonyl (C=O) groups is 1. The number of hydrogen-bond acceptors (Lipinski definition) is 4. The average molecular weight is 265 g/mol. The Balaban J connectivity index is 1.75. The molecule has 19 heavy (non-hydrogen) atoms. The van der Waals surface area contributed by atoms with Crippen molar-refractivity contribution in [3.05, 3.63) is 24.2 Å². The Bertz CT molecular complexity index is 372. The molecule has 0 spiro atoms. The lowest BCUT2D eigenvalue weighted by atomic mass is 10.0. The second kappa shape index (κ2) is 7.31. The number of nitrogens with zero attached hydrogens (tertiary/aromatic N) is 1. The lowest BCUT2D eigenvalue weighted by molar-refractivity contribution is -0.123. The third-order valence-electron chi connectivity index (χ3n) is 3.62. The van der Waals surface area contributed by atoms with Crippen molar-refractivity contribution in [2.24, 2.45) is 0 Å². The topological polar surface area (TPSA) is 57.5 Å². The summed E-state index contributed by atoms with van der Waals surface area (Å²) < 4.78 is 5.19. The summed E-state index contributed by atoms with van der Waals surface area (Å²) in [5.41, 5.74) is 0. The number of furan rings is 1. The molecule has 5 nitrogen and oxygen atoms in total. The van der Waals surface area contributed by atoms with Crippen LogP contribution >= 0.6 is 0 Å². The average Bonchev–Trinajstić information content (AvgIpc) is 2.97. The standard InChI is InChI=1S/C14H23N3O2/c1-2-17(12-5-7-15-8-6-12)11-14(18)16-10-13-4-3-9-19-13/h3-4,9,12,15H,2,5-8,10-11H2,1H3,(H,16,18). The number of likely N-dealkylation sites (N-methyl/N-ethyl adjacent to an activating group) is 1. The summed E-state index contributed by atoms with van der Waals surface area (Å²) >= 11 is 0. The minimum atomic E-state index is 0.0665. The van der Waals surface area contributed by atoms with Crippen LogP contribution in [0.15, 0.2) is 22.8 Å². The Labute approximate surface area is 114 Å². The zero-order chi connectivity index (χ0) is 13.5. The molecule has 1 saturated heterocycles. The Kier molecular flexibility index (Phi) is 5.42. The molecule has 5 heteroatoms. The molecule has 1 aromatic heterocycles. The number of carbonyl (C=O) groups excluding carboxylic acids is 1. The molecule has 1 aliphatic rings. The predicted molar refractivity (Wildman–Crippen MR) is 73.7 cm³/mol. The highest BCUT2D eigenvalue weighted by atomic mass is 16.3. The molecule has 0 atom stereocenters. The number of piperidine rings is 1. The van der Waals surface area contributed by atoms with Gasteiger partial charge in [-0.1, -0.05) is 6.92 Å². The zero-order valence-corrected chi connectivity index (χ0v) is 11.5. The van der Waals surface area contributed by atoms with Crippen molar-refractivity contribution in [3.63, 3.8) is 0 Å². The number of nitrogens with one attached hydrogen (secondary N) is 2. The van der Waals surface area contributed by atoms with Crippen LogP contribution in [-0.2, 0) is 11.3 Å². The highest BCUT2D eigenvalue weighted by Crippen LogP contribution is 2.11. The molecule has 2 rings (SSSR count). The Morgan fingerprint density at radius 3 is 2.95 bits per heavy atom. The van der Waals surface area contributed by atoms with Crippen molar-refractivity contribution in [3.8, 4) is 0 Å². The molecule has 1 fully saturated rings. The molecule has 0 unspecified atom stereocenters. The maximum atomic E-state index is 11.9. The van der Waals surface area contributed by atoms with Gasteiger partial charge in [-0.3, -0.25) is 9.69 Å². The SMILES string of the molecule is CCN(CC(=O)NCc1ccco1)C1CCNCC1. The van der Waals surface area contributed by atoms with E-state index >= 15 is 0 Å².